The molecule has 0 aliphatic carbocycles. The van der Waals surface area contributed by atoms with Gasteiger partial charge in [-0.25, -0.2) is 22.0 Å². The molecule has 0 aliphatic heterocycles. The SMILES string of the molecule is CCCC(CCC)S(=O)(=O)CC(NC(=O)CCc1ccccc1)C(=O)N(Cc1cccc(CC)c1)C[C@@H](O)[C@H](N)Cc1cc(F)cc(F)c1.O=C(O)C(F)(F)F. The summed E-state index contributed by atoms with van der Waals surface area (Å²) < 4.78 is 87.0. The van der Waals surface area contributed by atoms with Crippen LogP contribution in [0.1, 0.15) is 75.1 Å². The van der Waals surface area contributed by atoms with Crippen molar-refractivity contribution in [1.82, 2.24) is 10.2 Å². The number of nitrogens with zero attached hydrogens (tertiary/aromatic N) is 1. The van der Waals surface area contributed by atoms with Crippen molar-refractivity contribution in [2.75, 3.05) is 12.3 Å². The first-order valence-electron chi connectivity index (χ1n) is 18.4. The molecule has 0 saturated heterocycles. The molecule has 0 fully saturated rings. The van der Waals surface area contributed by atoms with Crippen LogP contribution in [0.15, 0.2) is 72.8 Å². The number of carboxylic acid groups (broad SMARTS) is 1. The van der Waals surface area contributed by atoms with Crippen LogP contribution in [0, 0.1) is 11.6 Å². The van der Waals surface area contributed by atoms with Crippen molar-refractivity contribution in [3.63, 3.8) is 0 Å². The molecule has 5 N–H and O–H groups in total. The summed E-state index contributed by atoms with van der Waals surface area (Å²) in [5, 5.41) is 20.4. The van der Waals surface area contributed by atoms with Gasteiger partial charge in [-0.05, 0) is 66.5 Å². The van der Waals surface area contributed by atoms with Gasteiger partial charge in [-0.2, -0.15) is 13.2 Å². The Bertz CT molecular complexity index is 1790. The van der Waals surface area contributed by atoms with E-state index in [0.717, 1.165) is 41.3 Å². The van der Waals surface area contributed by atoms with Gasteiger partial charge in [0.05, 0.1) is 17.1 Å². The number of hydrogen-bond donors (Lipinski definition) is 4. The molecule has 1 unspecified atom stereocenters. The smallest absolute Gasteiger partial charge is 0.475 e. The molecule has 10 nitrogen and oxygen atoms in total. The number of nitrogens with two attached hydrogens (primary N) is 1. The Labute approximate surface area is 325 Å². The van der Waals surface area contributed by atoms with E-state index in [9.17, 15) is 45.1 Å². The lowest BCUT2D eigenvalue weighted by Crippen LogP contribution is -2.55. The van der Waals surface area contributed by atoms with Crippen molar-refractivity contribution in [2.24, 2.45) is 5.73 Å². The molecule has 0 aromatic heterocycles. The maximum atomic E-state index is 14.4. The maximum Gasteiger partial charge on any atom is 0.490 e. The fraction of sp³-hybridized carbons (Fsp3) is 0.475. The maximum absolute atomic E-state index is 14.4. The summed E-state index contributed by atoms with van der Waals surface area (Å²) in [6, 6.07) is 17.5. The van der Waals surface area contributed by atoms with E-state index in [0.29, 0.717) is 32.1 Å². The number of carbonyl (C=O) groups excluding carboxylic acids is 2. The van der Waals surface area contributed by atoms with E-state index in [4.69, 9.17) is 15.6 Å². The molecule has 56 heavy (non-hydrogen) atoms. The third-order valence-electron chi connectivity index (χ3n) is 8.87. The number of aryl methyl sites for hydroxylation is 2. The van der Waals surface area contributed by atoms with Gasteiger partial charge in [-0.3, -0.25) is 9.59 Å². The first-order valence-corrected chi connectivity index (χ1v) is 20.1. The van der Waals surface area contributed by atoms with Gasteiger partial charge in [0.25, 0.3) is 0 Å². The van der Waals surface area contributed by atoms with Crippen molar-refractivity contribution in [3.05, 3.63) is 107 Å². The number of nitrogens with one attached hydrogen (secondary N) is 1. The fourth-order valence-corrected chi connectivity index (χ4v) is 8.13. The minimum atomic E-state index is -5.08. The number of alkyl halides is 3. The number of amides is 2. The Hall–Kier alpha value is -4.41. The van der Waals surface area contributed by atoms with Crippen LogP contribution in [0.5, 0.6) is 0 Å². The first-order chi connectivity index (χ1) is 26.3. The van der Waals surface area contributed by atoms with Crippen molar-refractivity contribution in [3.8, 4) is 0 Å². The molecule has 3 rings (SSSR count). The zero-order valence-corrected chi connectivity index (χ0v) is 32.6. The van der Waals surface area contributed by atoms with Crippen LogP contribution in [0.3, 0.4) is 0 Å². The number of hydrogen-bond acceptors (Lipinski definition) is 7. The number of aliphatic hydroxyl groups excluding tert-OH is 1. The topological polar surface area (TPSA) is 167 Å². The van der Waals surface area contributed by atoms with Crippen LogP contribution in [0.25, 0.3) is 0 Å². The summed E-state index contributed by atoms with van der Waals surface area (Å²) in [5.74, 6) is -6.05. The van der Waals surface area contributed by atoms with Crippen molar-refractivity contribution >= 4 is 27.6 Å². The van der Waals surface area contributed by atoms with E-state index in [2.05, 4.69) is 5.32 Å². The van der Waals surface area contributed by atoms with Gasteiger partial charge < -0.3 is 26.2 Å². The Morgan fingerprint density at radius 3 is 1.93 bits per heavy atom. The Kier molecular flexibility index (Phi) is 19.6. The monoisotopic (exact) mass is 813 g/mol. The summed E-state index contributed by atoms with van der Waals surface area (Å²) in [4.78, 5) is 37.9. The number of halogens is 5. The number of aliphatic carboxylic acids is 1. The highest BCUT2D eigenvalue weighted by molar-refractivity contribution is 7.92. The largest absolute Gasteiger partial charge is 0.490 e. The van der Waals surface area contributed by atoms with Crippen LogP contribution in [0.2, 0.25) is 0 Å². The molecule has 0 aliphatic rings. The first kappa shape index (κ1) is 47.7. The summed E-state index contributed by atoms with van der Waals surface area (Å²) in [7, 11) is -3.83. The van der Waals surface area contributed by atoms with Crippen molar-refractivity contribution < 1.29 is 55.0 Å². The summed E-state index contributed by atoms with van der Waals surface area (Å²) in [6.07, 6.45) is -3.17. The van der Waals surface area contributed by atoms with Gasteiger partial charge in [0.2, 0.25) is 11.8 Å². The minimum Gasteiger partial charge on any atom is -0.475 e. The molecule has 3 aromatic carbocycles. The third kappa shape index (κ3) is 16.8. The predicted octanol–water partition coefficient (Wildman–Crippen LogP) is 5.92. The lowest BCUT2D eigenvalue weighted by atomic mass is 10.0. The molecule has 0 heterocycles. The van der Waals surface area contributed by atoms with Crippen LogP contribution in [0.4, 0.5) is 22.0 Å². The molecule has 310 valence electrons. The van der Waals surface area contributed by atoms with Crippen LogP contribution in [-0.2, 0) is 50.0 Å². The average molecular weight is 814 g/mol. The lowest BCUT2D eigenvalue weighted by Gasteiger charge is -2.32. The highest BCUT2D eigenvalue weighted by atomic mass is 32.2. The van der Waals surface area contributed by atoms with E-state index in [-0.39, 0.29) is 31.5 Å². The summed E-state index contributed by atoms with van der Waals surface area (Å²) in [5.41, 5.74) is 9.22. The van der Waals surface area contributed by atoms with Gasteiger partial charge in [0, 0.05) is 31.6 Å². The van der Waals surface area contributed by atoms with Crippen LogP contribution in [-0.4, -0.2) is 83.2 Å². The Morgan fingerprint density at radius 2 is 1.39 bits per heavy atom. The average Bonchev–Trinajstić information content (AvgIpc) is 3.12. The molecule has 16 heteroatoms. The fourth-order valence-electron chi connectivity index (χ4n) is 5.98. The second-order valence-electron chi connectivity index (χ2n) is 13.5. The van der Waals surface area contributed by atoms with Crippen molar-refractivity contribution in [1.29, 1.82) is 0 Å². The summed E-state index contributed by atoms with van der Waals surface area (Å²) >= 11 is 0. The van der Waals surface area contributed by atoms with Gasteiger partial charge in [0.15, 0.2) is 9.84 Å². The standard InChI is InChI=1S/C38H51F2N3O5S.C2HF3O2/c1-4-11-33(12-5-2)49(47,48)26-35(42-37(45)18-17-28-13-8-7-9-14-28)38(46)43(24-29-16-10-15-27(6-3)19-29)25-36(44)34(41)22-30-20-31(39)23-32(40)21-30;3-2(4,5)1(6)7/h7-10,13-16,19-21,23,33-36,44H,4-6,11-12,17-18,22,24-26,41H2,1-3H3,(H,42,45);(H,6,7)/t34-,35?,36-;/m1./s1. The highest BCUT2D eigenvalue weighted by Crippen LogP contribution is 2.20. The van der Waals surface area contributed by atoms with Gasteiger partial charge >= 0.3 is 12.1 Å². The summed E-state index contributed by atoms with van der Waals surface area (Å²) in [6.45, 7) is 5.50. The molecule has 0 bridgehead atoms. The Morgan fingerprint density at radius 1 is 0.839 bits per heavy atom. The molecule has 3 aromatic rings. The van der Waals surface area contributed by atoms with E-state index >= 15 is 0 Å². The molecular formula is C40H52F5N3O7S. The Balaban J connectivity index is 0.00000141. The number of sulfone groups is 1. The zero-order valence-electron chi connectivity index (χ0n) is 31.8. The van der Waals surface area contributed by atoms with Gasteiger partial charge in [-0.15, -0.1) is 0 Å². The van der Waals surface area contributed by atoms with Crippen LogP contribution >= 0.6 is 0 Å². The molecule has 2 amide bonds. The van der Waals surface area contributed by atoms with Gasteiger partial charge in [-0.1, -0.05) is 88.2 Å². The van der Waals surface area contributed by atoms with E-state index in [1.54, 1.807) is 0 Å². The molecule has 3 atom stereocenters. The molecule has 0 spiro atoms. The number of benzene rings is 3. The quantitative estimate of drug-likeness (QED) is 0.102. The number of rotatable bonds is 20. The minimum absolute atomic E-state index is 0.00876. The normalized spacial score (nSPS) is 13.3. The number of carboxylic acids is 1. The molecule has 0 radical (unpaired) electrons. The number of aliphatic hydroxyl groups is 1. The second-order valence-corrected chi connectivity index (χ2v) is 15.9. The molecular weight excluding hydrogens is 762 g/mol. The van der Waals surface area contributed by atoms with Gasteiger partial charge in [0.1, 0.15) is 17.7 Å². The lowest BCUT2D eigenvalue weighted by molar-refractivity contribution is -0.192. The van der Waals surface area contributed by atoms with Crippen LogP contribution < -0.4 is 11.1 Å². The van der Waals surface area contributed by atoms with E-state index in [1.807, 2.05) is 75.4 Å². The van der Waals surface area contributed by atoms with E-state index in [1.165, 1.54) is 4.90 Å². The molecule has 0 saturated carbocycles. The number of carbonyl (C=O) groups is 3. The second kappa shape index (κ2) is 23.0. The predicted molar refractivity (Wildman–Crippen MR) is 203 cm³/mol. The third-order valence-corrected chi connectivity index (χ3v) is 11.2. The zero-order chi connectivity index (χ0) is 42.1. The highest BCUT2D eigenvalue weighted by Gasteiger charge is 2.38. The van der Waals surface area contributed by atoms with E-state index < -0.39 is 74.6 Å². The van der Waals surface area contributed by atoms with Crippen molar-refractivity contribution in [2.45, 2.75) is 108 Å².